The molecular weight excluding hydrogens is 368 g/mol. The number of carbonyl (C=O) groups excluding carboxylic acids is 1. The Kier molecular flexibility index (Phi) is 7.88. The molecule has 7 nitrogen and oxygen atoms in total. The number of hydrogen-bond acceptors (Lipinski definition) is 4. The van der Waals surface area contributed by atoms with E-state index in [4.69, 9.17) is 4.74 Å². The lowest BCUT2D eigenvalue weighted by Gasteiger charge is -2.23. The molecule has 2 rings (SSSR count). The van der Waals surface area contributed by atoms with Crippen LogP contribution in [0.25, 0.3) is 0 Å². The Hall–Kier alpha value is -3.22. The molecule has 7 heteroatoms. The van der Waals surface area contributed by atoms with Crippen molar-refractivity contribution in [3.63, 3.8) is 0 Å². The molecule has 0 heterocycles. The van der Waals surface area contributed by atoms with Crippen LogP contribution in [0.1, 0.15) is 31.9 Å². The van der Waals surface area contributed by atoms with Crippen LogP contribution in [0.2, 0.25) is 0 Å². The Morgan fingerprint density at radius 2 is 1.66 bits per heavy atom. The molecule has 156 valence electrons. The molecular formula is C22H30N4O3. The molecule has 1 amide bonds. The first-order valence-corrected chi connectivity index (χ1v) is 9.46. The zero-order valence-corrected chi connectivity index (χ0v) is 17.7. The van der Waals surface area contributed by atoms with Crippen LogP contribution in [0.5, 0.6) is 5.75 Å². The predicted molar refractivity (Wildman–Crippen MR) is 116 cm³/mol. The summed E-state index contributed by atoms with van der Waals surface area (Å²) in [6, 6.07) is 15.5. The number of para-hydroxylation sites is 1. The summed E-state index contributed by atoms with van der Waals surface area (Å²) in [6.07, 6.45) is -0.490. The van der Waals surface area contributed by atoms with Crippen molar-refractivity contribution in [3.05, 3.63) is 59.7 Å². The van der Waals surface area contributed by atoms with Crippen LogP contribution in [0.3, 0.4) is 0 Å². The van der Waals surface area contributed by atoms with E-state index >= 15 is 0 Å². The third-order valence-electron chi connectivity index (χ3n) is 3.90. The maximum atomic E-state index is 11.2. The van der Waals surface area contributed by atoms with E-state index in [1.165, 1.54) is 7.11 Å². The number of nitrogens with one attached hydrogen (secondary N) is 3. The molecule has 0 fully saturated rings. The average molecular weight is 399 g/mol. The summed E-state index contributed by atoms with van der Waals surface area (Å²) in [5, 5.41) is 9.22. The van der Waals surface area contributed by atoms with E-state index in [0.29, 0.717) is 24.7 Å². The number of rotatable bonds is 6. The first-order chi connectivity index (χ1) is 13.8. The Labute approximate surface area is 172 Å². The molecule has 0 aliphatic carbocycles. The summed E-state index contributed by atoms with van der Waals surface area (Å²) in [6.45, 7) is 7.28. The zero-order chi connectivity index (χ0) is 21.3. The van der Waals surface area contributed by atoms with Crippen molar-refractivity contribution < 1.29 is 14.3 Å². The maximum absolute atomic E-state index is 11.2. The molecule has 0 radical (unpaired) electrons. The Bertz CT molecular complexity index is 827. The van der Waals surface area contributed by atoms with Crippen molar-refractivity contribution in [2.75, 3.05) is 19.5 Å². The second-order valence-corrected chi connectivity index (χ2v) is 7.41. The van der Waals surface area contributed by atoms with Gasteiger partial charge in [-0.15, -0.1) is 0 Å². The lowest BCUT2D eigenvalue weighted by molar-refractivity contribution is 0.129. The minimum Gasteiger partial charge on any atom is -0.488 e. The summed E-state index contributed by atoms with van der Waals surface area (Å²) in [7, 11) is 3.07. The van der Waals surface area contributed by atoms with E-state index in [0.717, 1.165) is 16.9 Å². The minimum atomic E-state index is -0.490. The van der Waals surface area contributed by atoms with E-state index in [2.05, 4.69) is 25.7 Å². The fourth-order valence-corrected chi connectivity index (χ4v) is 2.54. The molecule has 0 bridgehead atoms. The minimum absolute atomic E-state index is 0.259. The van der Waals surface area contributed by atoms with Gasteiger partial charge in [-0.2, -0.15) is 0 Å². The number of anilines is 1. The standard InChI is InChI=1S/C22H30N4O3/c1-22(2,3)29-19-9-7-6-8-17(19)15-25-20(23-4)24-14-16-10-12-18(13-11-16)26-21(27)28-5/h6-13H,14-15H2,1-5H3,(H,26,27)(H2,23,24,25). The summed E-state index contributed by atoms with van der Waals surface area (Å²) in [4.78, 5) is 15.5. The summed E-state index contributed by atoms with van der Waals surface area (Å²) in [5.41, 5.74) is 2.53. The van der Waals surface area contributed by atoms with Gasteiger partial charge in [-0.05, 0) is 44.5 Å². The normalized spacial score (nSPS) is 11.6. The van der Waals surface area contributed by atoms with E-state index in [1.54, 1.807) is 7.05 Å². The van der Waals surface area contributed by atoms with Crippen LogP contribution in [0.4, 0.5) is 10.5 Å². The van der Waals surface area contributed by atoms with E-state index < -0.39 is 6.09 Å². The fourth-order valence-electron chi connectivity index (χ4n) is 2.54. The van der Waals surface area contributed by atoms with Gasteiger partial charge in [0.15, 0.2) is 5.96 Å². The van der Waals surface area contributed by atoms with Gasteiger partial charge in [0, 0.05) is 31.4 Å². The second-order valence-electron chi connectivity index (χ2n) is 7.41. The molecule has 0 saturated carbocycles. The van der Waals surface area contributed by atoms with E-state index in [-0.39, 0.29) is 5.60 Å². The average Bonchev–Trinajstić information content (AvgIpc) is 2.69. The summed E-state index contributed by atoms with van der Waals surface area (Å²) >= 11 is 0. The van der Waals surface area contributed by atoms with Gasteiger partial charge in [-0.3, -0.25) is 10.3 Å². The number of ether oxygens (including phenoxy) is 2. The van der Waals surface area contributed by atoms with Crippen LogP contribution >= 0.6 is 0 Å². The van der Waals surface area contributed by atoms with Gasteiger partial charge < -0.3 is 20.1 Å². The summed E-state index contributed by atoms with van der Waals surface area (Å²) in [5.74, 6) is 1.55. The van der Waals surface area contributed by atoms with Crippen molar-refractivity contribution in [2.45, 2.75) is 39.5 Å². The highest BCUT2D eigenvalue weighted by Gasteiger charge is 2.14. The van der Waals surface area contributed by atoms with Crippen molar-refractivity contribution in [2.24, 2.45) is 4.99 Å². The van der Waals surface area contributed by atoms with Gasteiger partial charge in [0.1, 0.15) is 11.4 Å². The van der Waals surface area contributed by atoms with Crippen molar-refractivity contribution in [1.82, 2.24) is 10.6 Å². The first-order valence-electron chi connectivity index (χ1n) is 9.46. The third kappa shape index (κ3) is 7.73. The number of amides is 1. The van der Waals surface area contributed by atoms with E-state index in [9.17, 15) is 4.79 Å². The van der Waals surface area contributed by atoms with Crippen LogP contribution in [-0.2, 0) is 17.8 Å². The molecule has 2 aromatic rings. The lowest BCUT2D eigenvalue weighted by atomic mass is 10.1. The number of aliphatic imine (C=N–C) groups is 1. The molecule has 0 saturated heterocycles. The third-order valence-corrected chi connectivity index (χ3v) is 3.90. The van der Waals surface area contributed by atoms with Gasteiger partial charge in [0.05, 0.1) is 7.11 Å². The molecule has 0 aliphatic rings. The van der Waals surface area contributed by atoms with Crippen LogP contribution in [-0.4, -0.2) is 31.8 Å². The van der Waals surface area contributed by atoms with Crippen molar-refractivity contribution in [1.29, 1.82) is 0 Å². The van der Waals surface area contributed by atoms with Gasteiger partial charge in [0.2, 0.25) is 0 Å². The van der Waals surface area contributed by atoms with Crippen LogP contribution in [0, 0.1) is 0 Å². The highest BCUT2D eigenvalue weighted by molar-refractivity contribution is 5.84. The smallest absolute Gasteiger partial charge is 0.411 e. The fraction of sp³-hybridized carbons (Fsp3) is 0.364. The number of benzene rings is 2. The van der Waals surface area contributed by atoms with Gasteiger partial charge >= 0.3 is 6.09 Å². The number of methoxy groups -OCH3 is 1. The molecule has 0 aliphatic heterocycles. The van der Waals surface area contributed by atoms with Gasteiger partial charge in [-0.25, -0.2) is 4.79 Å². The molecule has 0 atom stereocenters. The van der Waals surface area contributed by atoms with Crippen molar-refractivity contribution in [3.8, 4) is 5.75 Å². The SMILES string of the molecule is CN=C(NCc1ccc(NC(=O)OC)cc1)NCc1ccccc1OC(C)(C)C. The largest absolute Gasteiger partial charge is 0.488 e. The maximum Gasteiger partial charge on any atom is 0.411 e. The number of hydrogen-bond donors (Lipinski definition) is 3. The molecule has 2 aromatic carbocycles. The number of carbonyl (C=O) groups is 1. The quantitative estimate of drug-likeness (QED) is 0.508. The number of nitrogens with zero attached hydrogens (tertiary/aromatic N) is 1. The molecule has 29 heavy (non-hydrogen) atoms. The molecule has 0 aromatic heterocycles. The Morgan fingerprint density at radius 1 is 1.00 bits per heavy atom. The lowest BCUT2D eigenvalue weighted by Crippen LogP contribution is -2.36. The highest BCUT2D eigenvalue weighted by Crippen LogP contribution is 2.22. The Balaban J connectivity index is 1.90. The van der Waals surface area contributed by atoms with Crippen LogP contribution < -0.4 is 20.7 Å². The molecule has 0 spiro atoms. The number of guanidine groups is 1. The molecule has 3 N–H and O–H groups in total. The van der Waals surface area contributed by atoms with Gasteiger partial charge in [0.25, 0.3) is 0 Å². The topological polar surface area (TPSA) is 84.0 Å². The second kappa shape index (κ2) is 10.4. The van der Waals surface area contributed by atoms with Gasteiger partial charge in [-0.1, -0.05) is 30.3 Å². The van der Waals surface area contributed by atoms with Crippen LogP contribution in [0.15, 0.2) is 53.5 Å². The Morgan fingerprint density at radius 3 is 2.28 bits per heavy atom. The highest BCUT2D eigenvalue weighted by atomic mass is 16.5. The zero-order valence-electron chi connectivity index (χ0n) is 17.7. The first kappa shape index (κ1) is 22.1. The van der Waals surface area contributed by atoms with Crippen molar-refractivity contribution >= 4 is 17.7 Å². The molecule has 0 unspecified atom stereocenters. The van der Waals surface area contributed by atoms with E-state index in [1.807, 2.05) is 69.3 Å². The predicted octanol–water partition coefficient (Wildman–Crippen LogP) is 3.91. The summed E-state index contributed by atoms with van der Waals surface area (Å²) < 4.78 is 10.6. The monoisotopic (exact) mass is 398 g/mol.